The predicted octanol–water partition coefficient (Wildman–Crippen LogP) is 3.89. The second-order valence-corrected chi connectivity index (χ2v) is 6.26. The highest BCUT2D eigenvalue weighted by atomic mass is 19.1. The van der Waals surface area contributed by atoms with Crippen molar-refractivity contribution in [3.63, 3.8) is 0 Å². The third kappa shape index (κ3) is 4.94. The van der Waals surface area contributed by atoms with Gasteiger partial charge in [0.1, 0.15) is 18.2 Å². The fourth-order valence-corrected chi connectivity index (χ4v) is 2.64. The molecule has 1 heterocycles. The summed E-state index contributed by atoms with van der Waals surface area (Å²) in [6.07, 6.45) is 1.91. The summed E-state index contributed by atoms with van der Waals surface area (Å²) in [6.45, 7) is 3.64. The molecule has 1 aromatic heterocycles. The Balaban J connectivity index is 1.56. The molecule has 0 saturated carbocycles. The molecular formula is C21H22FN3O2. The van der Waals surface area contributed by atoms with Gasteiger partial charge in [0.15, 0.2) is 0 Å². The van der Waals surface area contributed by atoms with Crippen LogP contribution in [0.4, 0.5) is 4.39 Å². The van der Waals surface area contributed by atoms with Gasteiger partial charge in [-0.1, -0.05) is 12.1 Å². The summed E-state index contributed by atoms with van der Waals surface area (Å²) in [6, 6.07) is 15.1. The number of ether oxygens (including phenoxy) is 1. The highest BCUT2D eigenvalue weighted by molar-refractivity contribution is 5.94. The molecule has 0 unspecified atom stereocenters. The van der Waals surface area contributed by atoms with E-state index in [1.807, 2.05) is 36.0 Å². The minimum atomic E-state index is -0.296. The molecule has 0 bridgehead atoms. The van der Waals surface area contributed by atoms with Gasteiger partial charge in [0.05, 0.1) is 12.2 Å². The topological polar surface area (TPSA) is 47.4 Å². The number of halogens is 1. The molecule has 0 N–H and O–H groups in total. The number of carbonyl (C=O) groups excluding carboxylic acids is 1. The Morgan fingerprint density at radius 2 is 1.81 bits per heavy atom. The molecule has 27 heavy (non-hydrogen) atoms. The number of nitrogens with zero attached hydrogens (tertiary/aromatic N) is 3. The number of rotatable bonds is 7. The average molecular weight is 367 g/mol. The number of carbonyl (C=O) groups is 1. The van der Waals surface area contributed by atoms with Crippen LogP contribution in [0.15, 0.2) is 60.8 Å². The van der Waals surface area contributed by atoms with E-state index < -0.39 is 0 Å². The Morgan fingerprint density at radius 1 is 1.11 bits per heavy atom. The van der Waals surface area contributed by atoms with Gasteiger partial charge in [0, 0.05) is 25.4 Å². The van der Waals surface area contributed by atoms with E-state index in [2.05, 4.69) is 5.10 Å². The first-order chi connectivity index (χ1) is 13.0. The minimum absolute atomic E-state index is 0.0629. The summed E-state index contributed by atoms with van der Waals surface area (Å²) in [5.41, 5.74) is 2.40. The number of aromatic nitrogens is 2. The fourth-order valence-electron chi connectivity index (χ4n) is 2.64. The minimum Gasteiger partial charge on any atom is -0.489 e. The highest BCUT2D eigenvalue weighted by Crippen LogP contribution is 2.15. The van der Waals surface area contributed by atoms with Gasteiger partial charge < -0.3 is 9.64 Å². The molecule has 140 valence electrons. The lowest BCUT2D eigenvalue weighted by Crippen LogP contribution is -2.26. The molecule has 6 heteroatoms. The summed E-state index contributed by atoms with van der Waals surface area (Å²) in [4.78, 5) is 14.2. The zero-order valence-electron chi connectivity index (χ0n) is 15.4. The van der Waals surface area contributed by atoms with Crippen molar-refractivity contribution in [3.8, 4) is 5.75 Å². The van der Waals surface area contributed by atoms with Gasteiger partial charge >= 0.3 is 0 Å². The third-order valence-corrected chi connectivity index (χ3v) is 4.19. The van der Waals surface area contributed by atoms with E-state index in [9.17, 15) is 9.18 Å². The molecule has 0 aliphatic heterocycles. The quantitative estimate of drug-likeness (QED) is 0.636. The van der Waals surface area contributed by atoms with E-state index in [1.165, 1.54) is 12.1 Å². The normalized spacial score (nSPS) is 10.6. The Labute approximate surface area is 158 Å². The van der Waals surface area contributed by atoms with Crippen LogP contribution in [0.2, 0.25) is 0 Å². The zero-order chi connectivity index (χ0) is 19.2. The van der Waals surface area contributed by atoms with Crippen LogP contribution in [-0.4, -0.2) is 27.6 Å². The molecular weight excluding hydrogens is 345 g/mol. The number of amides is 1. The van der Waals surface area contributed by atoms with E-state index >= 15 is 0 Å². The van der Waals surface area contributed by atoms with Gasteiger partial charge in [-0.15, -0.1) is 0 Å². The van der Waals surface area contributed by atoms with E-state index in [4.69, 9.17) is 4.74 Å². The molecule has 0 spiro atoms. The lowest BCUT2D eigenvalue weighted by atomic mass is 10.1. The Morgan fingerprint density at radius 3 is 2.44 bits per heavy atom. The van der Waals surface area contributed by atoms with Crippen molar-refractivity contribution in [2.45, 2.75) is 26.6 Å². The van der Waals surface area contributed by atoms with E-state index in [1.54, 1.807) is 36.2 Å². The number of aryl methyl sites for hydroxylation is 1. The van der Waals surface area contributed by atoms with Crippen molar-refractivity contribution in [2.75, 3.05) is 7.05 Å². The smallest absolute Gasteiger partial charge is 0.253 e. The average Bonchev–Trinajstić information content (AvgIpc) is 3.15. The zero-order valence-corrected chi connectivity index (χ0v) is 15.4. The maximum absolute atomic E-state index is 12.9. The number of hydrogen-bond acceptors (Lipinski definition) is 3. The SMILES string of the molecule is CCn1ccc(CN(C)C(=O)c2ccc(COc3ccc(F)cc3)cc2)n1. The van der Waals surface area contributed by atoms with Crippen molar-refractivity contribution in [3.05, 3.63) is 83.4 Å². The molecule has 0 aliphatic rings. The van der Waals surface area contributed by atoms with Gasteiger partial charge in [-0.05, 0) is 55.0 Å². The van der Waals surface area contributed by atoms with Crippen molar-refractivity contribution in [2.24, 2.45) is 0 Å². The molecule has 1 amide bonds. The maximum Gasteiger partial charge on any atom is 0.253 e. The molecule has 0 radical (unpaired) electrons. The lowest BCUT2D eigenvalue weighted by molar-refractivity contribution is 0.0783. The van der Waals surface area contributed by atoms with Gasteiger partial charge in [-0.2, -0.15) is 5.10 Å². The summed E-state index contributed by atoms with van der Waals surface area (Å²) in [5, 5.41) is 4.40. The standard InChI is InChI=1S/C21H22FN3O2/c1-3-25-13-12-19(23-25)14-24(2)21(26)17-6-4-16(5-7-17)15-27-20-10-8-18(22)9-11-20/h4-13H,3,14-15H2,1-2H3. The van der Waals surface area contributed by atoms with Gasteiger partial charge in [0.2, 0.25) is 0 Å². The van der Waals surface area contributed by atoms with Gasteiger partial charge in [-0.3, -0.25) is 9.48 Å². The van der Waals surface area contributed by atoms with Crippen LogP contribution >= 0.6 is 0 Å². The predicted molar refractivity (Wildman–Crippen MR) is 101 cm³/mol. The molecule has 0 atom stereocenters. The number of benzene rings is 2. The summed E-state index contributed by atoms with van der Waals surface area (Å²) < 4.78 is 20.3. The molecule has 0 aliphatic carbocycles. The lowest BCUT2D eigenvalue weighted by Gasteiger charge is -2.16. The van der Waals surface area contributed by atoms with Crippen molar-refractivity contribution in [1.29, 1.82) is 0 Å². The van der Waals surface area contributed by atoms with Gasteiger partial charge in [0.25, 0.3) is 5.91 Å². The van der Waals surface area contributed by atoms with Crippen LogP contribution in [0.25, 0.3) is 0 Å². The fraction of sp³-hybridized carbons (Fsp3) is 0.238. The molecule has 3 rings (SSSR count). The molecule has 0 saturated heterocycles. The maximum atomic E-state index is 12.9. The number of hydrogen-bond donors (Lipinski definition) is 0. The van der Waals surface area contributed by atoms with Crippen LogP contribution in [-0.2, 0) is 19.7 Å². The van der Waals surface area contributed by atoms with Crippen molar-refractivity contribution >= 4 is 5.91 Å². The Kier molecular flexibility index (Phi) is 5.86. The molecule has 3 aromatic rings. The van der Waals surface area contributed by atoms with E-state index in [0.717, 1.165) is 17.8 Å². The molecule has 5 nitrogen and oxygen atoms in total. The van der Waals surface area contributed by atoms with Crippen LogP contribution < -0.4 is 4.74 Å². The second kappa shape index (κ2) is 8.49. The third-order valence-electron chi connectivity index (χ3n) is 4.19. The van der Waals surface area contributed by atoms with E-state index in [0.29, 0.717) is 24.5 Å². The largest absolute Gasteiger partial charge is 0.489 e. The van der Waals surface area contributed by atoms with Crippen LogP contribution in [0.3, 0.4) is 0 Å². The monoisotopic (exact) mass is 367 g/mol. The summed E-state index contributed by atoms with van der Waals surface area (Å²) in [5.74, 6) is 0.241. The molecule has 2 aromatic carbocycles. The highest BCUT2D eigenvalue weighted by Gasteiger charge is 2.13. The Bertz CT molecular complexity index is 889. The first kappa shape index (κ1) is 18.6. The van der Waals surface area contributed by atoms with Crippen molar-refractivity contribution < 1.29 is 13.9 Å². The summed E-state index contributed by atoms with van der Waals surface area (Å²) in [7, 11) is 1.76. The van der Waals surface area contributed by atoms with Crippen LogP contribution in [0, 0.1) is 5.82 Å². The van der Waals surface area contributed by atoms with E-state index in [-0.39, 0.29) is 11.7 Å². The first-order valence-electron chi connectivity index (χ1n) is 8.80. The van der Waals surface area contributed by atoms with Gasteiger partial charge in [-0.25, -0.2) is 4.39 Å². The van der Waals surface area contributed by atoms with Crippen LogP contribution in [0.5, 0.6) is 5.75 Å². The van der Waals surface area contributed by atoms with Crippen LogP contribution in [0.1, 0.15) is 28.5 Å². The summed E-state index contributed by atoms with van der Waals surface area (Å²) >= 11 is 0. The first-order valence-corrected chi connectivity index (χ1v) is 8.80. The second-order valence-electron chi connectivity index (χ2n) is 6.26. The Hall–Kier alpha value is -3.15. The van der Waals surface area contributed by atoms with Crippen molar-refractivity contribution in [1.82, 2.24) is 14.7 Å². The molecule has 0 fully saturated rings.